The van der Waals surface area contributed by atoms with Gasteiger partial charge in [-0.1, -0.05) is 0 Å². The van der Waals surface area contributed by atoms with Gasteiger partial charge in [-0.3, -0.25) is 9.58 Å². The number of ether oxygens (including phenoxy) is 2. The molecular formula is C15H17N3O4S. The molecule has 0 bridgehead atoms. The van der Waals surface area contributed by atoms with Crippen molar-refractivity contribution >= 4 is 28.4 Å². The third kappa shape index (κ3) is 2.81. The predicted octanol–water partition coefficient (Wildman–Crippen LogP) is 2.59. The number of nitrogens with zero attached hydrogens (tertiary/aromatic N) is 3. The first-order valence-electron chi connectivity index (χ1n) is 7.27. The Morgan fingerprint density at radius 3 is 2.91 bits per heavy atom. The van der Waals surface area contributed by atoms with Gasteiger partial charge in [-0.25, -0.2) is 9.59 Å². The molecule has 1 saturated heterocycles. The van der Waals surface area contributed by atoms with Crippen LogP contribution < -0.4 is 4.90 Å². The molecule has 0 aliphatic carbocycles. The highest BCUT2D eigenvalue weighted by molar-refractivity contribution is 7.16. The van der Waals surface area contributed by atoms with Gasteiger partial charge in [0.05, 0.1) is 18.8 Å². The summed E-state index contributed by atoms with van der Waals surface area (Å²) in [7, 11) is 1.78. The molecule has 1 aliphatic heterocycles. The van der Waals surface area contributed by atoms with Gasteiger partial charge >= 0.3 is 12.1 Å². The van der Waals surface area contributed by atoms with Gasteiger partial charge in [0.25, 0.3) is 0 Å². The van der Waals surface area contributed by atoms with E-state index in [1.807, 2.05) is 13.0 Å². The summed E-state index contributed by atoms with van der Waals surface area (Å²) in [5.74, 6) is -0.439. The topological polar surface area (TPSA) is 73.7 Å². The number of carbonyl (C=O) groups is 2. The average molecular weight is 335 g/mol. The van der Waals surface area contributed by atoms with Crippen LogP contribution in [-0.4, -0.2) is 41.6 Å². The fourth-order valence-corrected chi connectivity index (χ4v) is 3.51. The van der Waals surface area contributed by atoms with Crippen LogP contribution in [0.5, 0.6) is 0 Å². The van der Waals surface area contributed by atoms with Gasteiger partial charge in [0, 0.05) is 17.5 Å². The molecule has 0 radical (unpaired) electrons. The van der Waals surface area contributed by atoms with Gasteiger partial charge < -0.3 is 9.47 Å². The summed E-state index contributed by atoms with van der Waals surface area (Å²) >= 11 is 1.51. The number of rotatable bonds is 4. The number of anilines is 1. The van der Waals surface area contributed by atoms with Crippen LogP contribution in [0.15, 0.2) is 12.1 Å². The SMILES string of the molecule is CCOC(=O)c1cc(-c2cc(N3CCOC3=O)sc2C)n(C)n1. The van der Waals surface area contributed by atoms with E-state index in [0.717, 1.165) is 21.1 Å². The van der Waals surface area contributed by atoms with Crippen LogP contribution in [0.3, 0.4) is 0 Å². The van der Waals surface area contributed by atoms with E-state index in [1.165, 1.54) is 11.3 Å². The van der Waals surface area contributed by atoms with Crippen molar-refractivity contribution in [3.8, 4) is 11.3 Å². The molecule has 3 heterocycles. The number of esters is 1. The Bertz CT molecular complexity index is 765. The highest BCUT2D eigenvalue weighted by Gasteiger charge is 2.26. The van der Waals surface area contributed by atoms with Crippen LogP contribution in [0, 0.1) is 6.92 Å². The summed E-state index contributed by atoms with van der Waals surface area (Å²) < 4.78 is 11.6. The summed E-state index contributed by atoms with van der Waals surface area (Å²) in [5.41, 5.74) is 2.02. The first kappa shape index (κ1) is 15.5. The van der Waals surface area contributed by atoms with Gasteiger partial charge in [0.2, 0.25) is 0 Å². The van der Waals surface area contributed by atoms with E-state index in [-0.39, 0.29) is 11.8 Å². The lowest BCUT2D eigenvalue weighted by molar-refractivity contribution is 0.0518. The molecule has 7 nitrogen and oxygen atoms in total. The Morgan fingerprint density at radius 2 is 2.26 bits per heavy atom. The van der Waals surface area contributed by atoms with E-state index in [0.29, 0.717) is 19.8 Å². The van der Waals surface area contributed by atoms with E-state index >= 15 is 0 Å². The fraction of sp³-hybridized carbons (Fsp3) is 0.400. The molecule has 0 atom stereocenters. The lowest BCUT2D eigenvalue weighted by Gasteiger charge is -2.08. The molecule has 0 saturated carbocycles. The average Bonchev–Trinajstić information content (AvgIpc) is 3.18. The molecule has 0 unspecified atom stereocenters. The fourth-order valence-electron chi connectivity index (χ4n) is 2.47. The summed E-state index contributed by atoms with van der Waals surface area (Å²) in [6, 6.07) is 3.64. The van der Waals surface area contributed by atoms with Gasteiger partial charge in [-0.2, -0.15) is 5.10 Å². The Kier molecular flexibility index (Phi) is 4.08. The maximum Gasteiger partial charge on any atom is 0.415 e. The third-order valence-corrected chi connectivity index (χ3v) is 4.65. The molecule has 0 spiro atoms. The molecule has 23 heavy (non-hydrogen) atoms. The number of cyclic esters (lactones) is 1. The Morgan fingerprint density at radius 1 is 1.48 bits per heavy atom. The smallest absolute Gasteiger partial charge is 0.415 e. The third-order valence-electron chi connectivity index (χ3n) is 3.57. The van der Waals surface area contributed by atoms with E-state index in [4.69, 9.17) is 9.47 Å². The van der Waals surface area contributed by atoms with Crippen molar-refractivity contribution in [1.82, 2.24) is 9.78 Å². The van der Waals surface area contributed by atoms with E-state index in [1.54, 1.807) is 29.6 Å². The van der Waals surface area contributed by atoms with Crippen molar-refractivity contribution in [2.45, 2.75) is 13.8 Å². The van der Waals surface area contributed by atoms with Crippen LogP contribution in [0.25, 0.3) is 11.3 Å². The summed E-state index contributed by atoms with van der Waals surface area (Å²) in [5, 5.41) is 5.04. The Hall–Kier alpha value is -2.35. The number of aromatic nitrogens is 2. The highest BCUT2D eigenvalue weighted by atomic mass is 32.1. The zero-order chi connectivity index (χ0) is 16.6. The minimum absolute atomic E-state index is 0.275. The molecule has 8 heteroatoms. The molecule has 1 aliphatic rings. The molecule has 3 rings (SSSR count). The quantitative estimate of drug-likeness (QED) is 0.803. The first-order chi connectivity index (χ1) is 11.0. The number of carbonyl (C=O) groups excluding carboxylic acids is 2. The zero-order valence-electron chi connectivity index (χ0n) is 13.2. The van der Waals surface area contributed by atoms with Gasteiger partial charge in [-0.15, -0.1) is 11.3 Å². The highest BCUT2D eigenvalue weighted by Crippen LogP contribution is 2.37. The molecule has 2 aromatic heterocycles. The molecule has 2 aromatic rings. The molecule has 0 N–H and O–H groups in total. The van der Waals surface area contributed by atoms with Crippen LogP contribution in [0.2, 0.25) is 0 Å². The second-order valence-corrected chi connectivity index (χ2v) is 6.31. The summed E-state index contributed by atoms with van der Waals surface area (Å²) in [6.07, 6.45) is -0.324. The van der Waals surface area contributed by atoms with Crippen molar-refractivity contribution in [3.05, 3.63) is 22.7 Å². The van der Waals surface area contributed by atoms with Gasteiger partial charge in [0.1, 0.15) is 11.6 Å². The monoisotopic (exact) mass is 335 g/mol. The minimum Gasteiger partial charge on any atom is -0.461 e. The van der Waals surface area contributed by atoms with Crippen LogP contribution in [0.4, 0.5) is 9.80 Å². The largest absolute Gasteiger partial charge is 0.461 e. The first-order valence-corrected chi connectivity index (χ1v) is 8.09. The number of aryl methyl sites for hydroxylation is 2. The second kappa shape index (κ2) is 6.04. The normalized spacial score (nSPS) is 14.2. The van der Waals surface area contributed by atoms with Crippen LogP contribution in [-0.2, 0) is 16.5 Å². The lowest BCUT2D eigenvalue weighted by atomic mass is 10.2. The number of hydrogen-bond acceptors (Lipinski definition) is 6. The second-order valence-electron chi connectivity index (χ2n) is 5.08. The van der Waals surface area contributed by atoms with Gasteiger partial charge in [0.15, 0.2) is 5.69 Å². The minimum atomic E-state index is -0.439. The molecular weight excluding hydrogens is 318 g/mol. The molecule has 0 aromatic carbocycles. The summed E-state index contributed by atoms with van der Waals surface area (Å²) in [6.45, 7) is 5.00. The molecule has 1 amide bonds. The Labute approximate surface area is 137 Å². The van der Waals surface area contributed by atoms with Crippen molar-refractivity contribution in [3.63, 3.8) is 0 Å². The molecule has 1 fully saturated rings. The standard InChI is InChI=1S/C15H17N3O4S/c1-4-21-14(19)11-8-12(17(3)16-11)10-7-13(23-9(10)2)18-5-6-22-15(18)20/h7-8H,4-6H2,1-3H3. The van der Waals surface area contributed by atoms with Gasteiger partial charge in [-0.05, 0) is 26.0 Å². The maximum atomic E-state index is 11.8. The van der Waals surface area contributed by atoms with E-state index in [9.17, 15) is 9.59 Å². The van der Waals surface area contributed by atoms with E-state index < -0.39 is 5.97 Å². The summed E-state index contributed by atoms with van der Waals surface area (Å²) in [4.78, 5) is 26.2. The number of amides is 1. The maximum absolute atomic E-state index is 11.8. The molecule has 122 valence electrons. The number of hydrogen-bond donors (Lipinski definition) is 0. The van der Waals surface area contributed by atoms with E-state index in [2.05, 4.69) is 5.10 Å². The van der Waals surface area contributed by atoms with Crippen molar-refractivity contribution < 1.29 is 19.1 Å². The number of thiophene rings is 1. The predicted molar refractivity (Wildman–Crippen MR) is 85.9 cm³/mol. The van der Waals surface area contributed by atoms with Crippen molar-refractivity contribution in [2.75, 3.05) is 24.7 Å². The van der Waals surface area contributed by atoms with Crippen molar-refractivity contribution in [1.29, 1.82) is 0 Å². The van der Waals surface area contributed by atoms with Crippen LogP contribution in [0.1, 0.15) is 22.3 Å². The zero-order valence-corrected chi connectivity index (χ0v) is 14.0. The van der Waals surface area contributed by atoms with Crippen molar-refractivity contribution in [2.24, 2.45) is 7.05 Å². The van der Waals surface area contributed by atoms with Crippen LogP contribution >= 0.6 is 11.3 Å². The Balaban J connectivity index is 1.94. The lowest BCUT2D eigenvalue weighted by Crippen LogP contribution is -2.21.